The molecule has 2 rings (SSSR count). The van der Waals surface area contributed by atoms with E-state index in [1.807, 2.05) is 52.0 Å². The average molecular weight is 346 g/mol. The van der Waals surface area contributed by atoms with Crippen molar-refractivity contribution in [3.05, 3.63) is 57.6 Å². The van der Waals surface area contributed by atoms with Crippen LogP contribution < -0.4 is 10.1 Å². The van der Waals surface area contributed by atoms with Gasteiger partial charge in [0.25, 0.3) is 0 Å². The largest absolute Gasteiger partial charge is 0.494 e. The topological polar surface area (TPSA) is 38.3 Å². The SMILES string of the molecule is Cc1ccc(NC(=O)CCCOc2cc(C)c(Cl)c(C)c2)c(C)c1. The average Bonchev–Trinajstić information content (AvgIpc) is 2.52. The predicted octanol–water partition coefficient (Wildman–Crippen LogP) is 5.37. The molecule has 0 saturated carbocycles. The van der Waals surface area contributed by atoms with Crippen LogP contribution in [-0.4, -0.2) is 12.5 Å². The highest BCUT2D eigenvalue weighted by Crippen LogP contribution is 2.26. The molecule has 1 amide bonds. The molecule has 0 fully saturated rings. The number of hydrogen-bond donors (Lipinski definition) is 1. The van der Waals surface area contributed by atoms with Gasteiger partial charge >= 0.3 is 0 Å². The minimum atomic E-state index is 0.00835. The molecule has 0 aliphatic rings. The van der Waals surface area contributed by atoms with E-state index in [9.17, 15) is 4.79 Å². The van der Waals surface area contributed by atoms with E-state index < -0.39 is 0 Å². The molecule has 2 aromatic rings. The van der Waals surface area contributed by atoms with Gasteiger partial charge in [-0.3, -0.25) is 4.79 Å². The number of halogens is 1. The number of nitrogens with one attached hydrogen (secondary N) is 1. The Hall–Kier alpha value is -2.00. The van der Waals surface area contributed by atoms with Gasteiger partial charge in [-0.05, 0) is 69.0 Å². The zero-order valence-corrected chi connectivity index (χ0v) is 15.5. The Kier molecular flexibility index (Phi) is 6.27. The fraction of sp³-hybridized carbons (Fsp3) is 0.350. The monoisotopic (exact) mass is 345 g/mol. The van der Waals surface area contributed by atoms with E-state index in [0.29, 0.717) is 19.4 Å². The van der Waals surface area contributed by atoms with Crippen molar-refractivity contribution in [1.29, 1.82) is 0 Å². The van der Waals surface area contributed by atoms with E-state index in [4.69, 9.17) is 16.3 Å². The molecule has 1 N–H and O–H groups in total. The Morgan fingerprint density at radius 1 is 1.04 bits per heavy atom. The van der Waals surface area contributed by atoms with Gasteiger partial charge in [-0.25, -0.2) is 0 Å². The third kappa shape index (κ3) is 5.00. The smallest absolute Gasteiger partial charge is 0.224 e. The summed E-state index contributed by atoms with van der Waals surface area (Å²) in [7, 11) is 0. The number of carbonyl (C=O) groups excluding carboxylic acids is 1. The van der Waals surface area contributed by atoms with Crippen LogP contribution in [0, 0.1) is 27.7 Å². The lowest BCUT2D eigenvalue weighted by Crippen LogP contribution is -2.13. The van der Waals surface area contributed by atoms with Crippen molar-refractivity contribution in [3.8, 4) is 5.75 Å². The lowest BCUT2D eigenvalue weighted by molar-refractivity contribution is -0.116. The van der Waals surface area contributed by atoms with Crippen LogP contribution >= 0.6 is 11.6 Å². The van der Waals surface area contributed by atoms with Crippen LogP contribution in [0.2, 0.25) is 5.02 Å². The normalized spacial score (nSPS) is 10.5. The molecule has 0 atom stereocenters. The molecular weight excluding hydrogens is 322 g/mol. The molecular formula is C20H24ClNO2. The maximum Gasteiger partial charge on any atom is 0.224 e. The molecule has 0 saturated heterocycles. The number of benzene rings is 2. The summed E-state index contributed by atoms with van der Waals surface area (Å²) < 4.78 is 5.72. The second kappa shape index (κ2) is 8.20. The fourth-order valence-electron chi connectivity index (χ4n) is 2.58. The standard InChI is InChI=1S/C20H24ClNO2/c1-13-7-8-18(14(2)10-13)22-19(23)6-5-9-24-17-11-15(3)20(21)16(4)12-17/h7-8,10-12H,5-6,9H2,1-4H3,(H,22,23). The Balaban J connectivity index is 1.79. The van der Waals surface area contributed by atoms with E-state index in [1.54, 1.807) is 0 Å². The lowest BCUT2D eigenvalue weighted by atomic mass is 10.1. The number of amides is 1. The first-order valence-corrected chi connectivity index (χ1v) is 8.51. The molecule has 0 spiro atoms. The van der Waals surface area contributed by atoms with Crippen molar-refractivity contribution in [1.82, 2.24) is 0 Å². The first-order chi connectivity index (χ1) is 11.4. The van der Waals surface area contributed by atoms with Crippen LogP contribution in [0.25, 0.3) is 0 Å². The number of carbonyl (C=O) groups is 1. The highest BCUT2D eigenvalue weighted by molar-refractivity contribution is 6.32. The second-order valence-electron chi connectivity index (χ2n) is 6.19. The predicted molar refractivity (Wildman–Crippen MR) is 100 cm³/mol. The van der Waals surface area contributed by atoms with Crippen LogP contribution in [0.15, 0.2) is 30.3 Å². The summed E-state index contributed by atoms with van der Waals surface area (Å²) in [5, 5.41) is 3.72. The molecule has 128 valence electrons. The summed E-state index contributed by atoms with van der Waals surface area (Å²) in [6, 6.07) is 9.84. The molecule has 4 heteroatoms. The Morgan fingerprint density at radius 3 is 2.33 bits per heavy atom. The quantitative estimate of drug-likeness (QED) is 0.714. The molecule has 0 heterocycles. The molecule has 0 aliphatic carbocycles. The van der Waals surface area contributed by atoms with Gasteiger partial charge in [-0.2, -0.15) is 0 Å². The number of ether oxygens (including phenoxy) is 1. The summed E-state index contributed by atoms with van der Waals surface area (Å²) in [6.07, 6.45) is 1.09. The van der Waals surface area contributed by atoms with Gasteiger partial charge in [0.2, 0.25) is 5.91 Å². The summed E-state index contributed by atoms with van der Waals surface area (Å²) in [4.78, 5) is 12.0. The minimum absolute atomic E-state index is 0.00835. The highest BCUT2D eigenvalue weighted by Gasteiger charge is 2.06. The van der Waals surface area contributed by atoms with E-state index in [2.05, 4.69) is 11.4 Å². The molecule has 0 bridgehead atoms. The first kappa shape index (κ1) is 18.3. The van der Waals surface area contributed by atoms with Gasteiger partial charge in [0, 0.05) is 17.1 Å². The van der Waals surface area contributed by atoms with Crippen LogP contribution in [0.5, 0.6) is 5.75 Å². The van der Waals surface area contributed by atoms with Gasteiger partial charge in [0.15, 0.2) is 0 Å². The maximum absolute atomic E-state index is 12.0. The zero-order chi connectivity index (χ0) is 17.7. The van der Waals surface area contributed by atoms with E-state index in [-0.39, 0.29) is 5.91 Å². The molecule has 24 heavy (non-hydrogen) atoms. The summed E-state index contributed by atoms with van der Waals surface area (Å²) in [5.41, 5.74) is 5.13. The van der Waals surface area contributed by atoms with Crippen molar-refractivity contribution < 1.29 is 9.53 Å². The Bertz CT molecular complexity index is 717. The van der Waals surface area contributed by atoms with Crippen molar-refractivity contribution in [2.45, 2.75) is 40.5 Å². The fourth-order valence-corrected chi connectivity index (χ4v) is 2.69. The third-order valence-electron chi connectivity index (χ3n) is 3.88. The van der Waals surface area contributed by atoms with E-state index in [1.165, 1.54) is 5.56 Å². The maximum atomic E-state index is 12.0. The third-order valence-corrected chi connectivity index (χ3v) is 4.48. The molecule has 0 unspecified atom stereocenters. The van der Waals surface area contributed by atoms with Crippen LogP contribution in [0.3, 0.4) is 0 Å². The molecule has 2 aromatic carbocycles. The van der Waals surface area contributed by atoms with Gasteiger partial charge < -0.3 is 10.1 Å². The molecule has 0 aliphatic heterocycles. The van der Waals surface area contributed by atoms with Crippen LogP contribution in [-0.2, 0) is 4.79 Å². The Labute approximate surface area is 149 Å². The van der Waals surface area contributed by atoms with Crippen molar-refractivity contribution in [2.24, 2.45) is 0 Å². The number of hydrogen-bond acceptors (Lipinski definition) is 2. The van der Waals surface area contributed by atoms with Crippen LogP contribution in [0.1, 0.15) is 35.1 Å². The van der Waals surface area contributed by atoms with E-state index in [0.717, 1.165) is 33.1 Å². The molecule has 0 radical (unpaired) electrons. The summed E-state index contributed by atoms with van der Waals surface area (Å²) >= 11 is 6.14. The van der Waals surface area contributed by atoms with Gasteiger partial charge in [0.1, 0.15) is 5.75 Å². The van der Waals surface area contributed by atoms with Crippen LogP contribution in [0.4, 0.5) is 5.69 Å². The van der Waals surface area contributed by atoms with Crippen molar-refractivity contribution in [3.63, 3.8) is 0 Å². The first-order valence-electron chi connectivity index (χ1n) is 8.13. The van der Waals surface area contributed by atoms with Gasteiger partial charge in [-0.1, -0.05) is 29.3 Å². The van der Waals surface area contributed by atoms with Gasteiger partial charge in [0.05, 0.1) is 6.61 Å². The lowest BCUT2D eigenvalue weighted by Gasteiger charge is -2.11. The second-order valence-corrected chi connectivity index (χ2v) is 6.57. The number of anilines is 1. The highest BCUT2D eigenvalue weighted by atomic mass is 35.5. The van der Waals surface area contributed by atoms with E-state index >= 15 is 0 Å². The van der Waals surface area contributed by atoms with Crippen molar-refractivity contribution in [2.75, 3.05) is 11.9 Å². The minimum Gasteiger partial charge on any atom is -0.494 e. The summed E-state index contributed by atoms with van der Waals surface area (Å²) in [6.45, 7) is 8.45. The summed E-state index contributed by atoms with van der Waals surface area (Å²) in [5.74, 6) is 0.804. The molecule has 0 aromatic heterocycles. The number of rotatable bonds is 6. The Morgan fingerprint density at radius 2 is 1.71 bits per heavy atom. The zero-order valence-electron chi connectivity index (χ0n) is 14.7. The number of aryl methyl sites for hydroxylation is 4. The van der Waals surface area contributed by atoms with Gasteiger partial charge in [-0.15, -0.1) is 0 Å². The molecule has 3 nitrogen and oxygen atoms in total. The van der Waals surface area contributed by atoms with Crippen molar-refractivity contribution >= 4 is 23.2 Å².